The van der Waals surface area contributed by atoms with Gasteiger partial charge in [0.05, 0.1) is 11.9 Å². The van der Waals surface area contributed by atoms with Crippen LogP contribution in [0, 0.1) is 11.7 Å². The van der Waals surface area contributed by atoms with Crippen molar-refractivity contribution in [3.05, 3.63) is 78.5 Å². The summed E-state index contributed by atoms with van der Waals surface area (Å²) in [6.45, 7) is 3.19. The summed E-state index contributed by atoms with van der Waals surface area (Å²) in [4.78, 5) is 0. The topological polar surface area (TPSA) is 71.0 Å². The number of sulfonamides is 1. The van der Waals surface area contributed by atoms with Crippen LogP contribution in [-0.2, 0) is 22.3 Å². The number of fused-ring (bicyclic) bond motifs is 1. The van der Waals surface area contributed by atoms with Crippen molar-refractivity contribution >= 4 is 20.9 Å². The molecule has 1 fully saturated rings. The van der Waals surface area contributed by atoms with Gasteiger partial charge in [-0.1, -0.05) is 18.2 Å². The van der Waals surface area contributed by atoms with Gasteiger partial charge in [-0.05, 0) is 60.7 Å². The highest BCUT2D eigenvalue weighted by Gasteiger charge is 2.37. The van der Waals surface area contributed by atoms with E-state index in [9.17, 15) is 12.8 Å². The Hall–Kier alpha value is -2.97. The molecule has 166 valence electrons. The van der Waals surface area contributed by atoms with Gasteiger partial charge in [0.2, 0.25) is 10.0 Å². The monoisotopic (exact) mass is 452 g/mol. The molecule has 2 aromatic heterocycles. The van der Waals surface area contributed by atoms with Crippen molar-refractivity contribution in [3.8, 4) is 11.1 Å². The molecule has 6 nitrogen and oxygen atoms in total. The lowest BCUT2D eigenvalue weighted by atomic mass is 10.1. The second kappa shape index (κ2) is 8.18. The molecule has 4 aromatic rings. The highest BCUT2D eigenvalue weighted by atomic mass is 32.2. The molecule has 0 saturated carbocycles. The minimum atomic E-state index is -3.52. The molecule has 0 bridgehead atoms. The summed E-state index contributed by atoms with van der Waals surface area (Å²) in [7, 11) is -3.52. The number of hydrogen-bond donors (Lipinski definition) is 1. The fourth-order valence-electron chi connectivity index (χ4n) is 4.78. The molecule has 0 spiro atoms. The number of rotatable bonds is 6. The smallest absolute Gasteiger partial charge is 0.218 e. The maximum atomic E-state index is 13.5. The summed E-state index contributed by atoms with van der Waals surface area (Å²) < 4.78 is 43.3. The fourth-order valence-corrected chi connectivity index (χ4v) is 6.61. The summed E-state index contributed by atoms with van der Waals surface area (Å²) in [5.41, 5.74) is 3.76. The molecule has 0 radical (unpaired) electrons. The predicted molar refractivity (Wildman–Crippen MR) is 123 cm³/mol. The van der Waals surface area contributed by atoms with Crippen LogP contribution in [0.3, 0.4) is 0 Å². The van der Waals surface area contributed by atoms with Crippen LogP contribution in [0.15, 0.2) is 67.1 Å². The summed E-state index contributed by atoms with van der Waals surface area (Å²) in [5, 5.41) is 8.00. The molecule has 3 heterocycles. The van der Waals surface area contributed by atoms with E-state index in [1.165, 1.54) is 12.1 Å². The molecule has 0 amide bonds. The van der Waals surface area contributed by atoms with Gasteiger partial charge in [-0.25, -0.2) is 12.8 Å². The summed E-state index contributed by atoms with van der Waals surface area (Å²) in [5.74, 6) is -0.373. The van der Waals surface area contributed by atoms with Gasteiger partial charge in [0, 0.05) is 48.0 Å². The highest BCUT2D eigenvalue weighted by molar-refractivity contribution is 7.88. The number of aromatic amines is 1. The first-order chi connectivity index (χ1) is 15.4. The largest absolute Gasteiger partial charge is 0.347 e. The third kappa shape index (κ3) is 4.08. The zero-order valence-electron chi connectivity index (χ0n) is 17.8. The SMILES string of the molecule is CC1CC(Cn2ccc3cc(-c4cn[nH]c4)ccc32)CN1S(=O)(=O)Cc1cccc(F)c1. The number of nitrogens with zero attached hydrogens (tertiary/aromatic N) is 3. The second-order valence-corrected chi connectivity index (χ2v) is 10.6. The van der Waals surface area contributed by atoms with Gasteiger partial charge in [-0.3, -0.25) is 5.10 Å². The first-order valence-corrected chi connectivity index (χ1v) is 12.3. The number of aromatic nitrogens is 3. The Balaban J connectivity index is 1.31. The number of halogens is 1. The second-order valence-electron chi connectivity index (χ2n) is 8.64. The Labute approximate surface area is 186 Å². The Morgan fingerprint density at radius 1 is 1.16 bits per heavy atom. The van der Waals surface area contributed by atoms with Crippen LogP contribution >= 0.6 is 0 Å². The molecule has 1 N–H and O–H groups in total. The molecule has 2 atom stereocenters. The van der Waals surface area contributed by atoms with E-state index < -0.39 is 15.8 Å². The lowest BCUT2D eigenvalue weighted by Gasteiger charge is -2.21. The van der Waals surface area contributed by atoms with E-state index in [2.05, 4.69) is 45.2 Å². The van der Waals surface area contributed by atoms with Crippen LogP contribution in [-0.4, -0.2) is 40.1 Å². The quantitative estimate of drug-likeness (QED) is 0.471. The average molecular weight is 453 g/mol. The number of nitrogens with one attached hydrogen (secondary N) is 1. The van der Waals surface area contributed by atoms with Crippen LogP contribution < -0.4 is 0 Å². The van der Waals surface area contributed by atoms with Crippen LogP contribution in [0.4, 0.5) is 4.39 Å². The van der Waals surface area contributed by atoms with Crippen molar-refractivity contribution in [3.63, 3.8) is 0 Å². The van der Waals surface area contributed by atoms with Crippen LogP contribution in [0.5, 0.6) is 0 Å². The highest BCUT2D eigenvalue weighted by Crippen LogP contribution is 2.31. The van der Waals surface area contributed by atoms with Crippen molar-refractivity contribution < 1.29 is 12.8 Å². The third-order valence-corrected chi connectivity index (χ3v) is 8.18. The molecular formula is C24H25FN4O2S. The lowest BCUT2D eigenvalue weighted by molar-refractivity contribution is 0.399. The molecule has 1 aliphatic rings. The first-order valence-electron chi connectivity index (χ1n) is 10.7. The maximum Gasteiger partial charge on any atom is 0.218 e. The van der Waals surface area contributed by atoms with E-state index in [0.717, 1.165) is 35.0 Å². The molecule has 1 aliphatic heterocycles. The molecule has 2 aromatic carbocycles. The van der Waals surface area contributed by atoms with E-state index in [-0.39, 0.29) is 17.7 Å². The van der Waals surface area contributed by atoms with Gasteiger partial charge < -0.3 is 4.57 Å². The molecular weight excluding hydrogens is 427 g/mol. The zero-order valence-corrected chi connectivity index (χ0v) is 18.6. The summed E-state index contributed by atoms with van der Waals surface area (Å²) in [6, 6.07) is 14.2. The van der Waals surface area contributed by atoms with Crippen molar-refractivity contribution in [2.24, 2.45) is 5.92 Å². The van der Waals surface area contributed by atoms with Crippen molar-refractivity contribution in [2.75, 3.05) is 6.54 Å². The summed E-state index contributed by atoms with van der Waals surface area (Å²) in [6.07, 6.45) is 6.54. The first kappa shape index (κ1) is 20.9. The van der Waals surface area contributed by atoms with Gasteiger partial charge >= 0.3 is 0 Å². The lowest BCUT2D eigenvalue weighted by Crippen LogP contribution is -2.35. The number of hydrogen-bond acceptors (Lipinski definition) is 3. The zero-order chi connectivity index (χ0) is 22.3. The maximum absolute atomic E-state index is 13.5. The molecule has 0 aliphatic carbocycles. The Bertz CT molecular complexity index is 1350. The molecule has 32 heavy (non-hydrogen) atoms. The van der Waals surface area contributed by atoms with Crippen LogP contribution in [0.2, 0.25) is 0 Å². The van der Waals surface area contributed by atoms with E-state index in [4.69, 9.17) is 0 Å². The molecule has 1 saturated heterocycles. The average Bonchev–Trinajstić information content (AvgIpc) is 3.48. The Kier molecular flexibility index (Phi) is 5.35. The van der Waals surface area contributed by atoms with Crippen LogP contribution in [0.1, 0.15) is 18.9 Å². The minimum Gasteiger partial charge on any atom is -0.347 e. The Morgan fingerprint density at radius 3 is 2.81 bits per heavy atom. The molecule has 2 unspecified atom stereocenters. The van der Waals surface area contributed by atoms with Crippen molar-refractivity contribution in [2.45, 2.75) is 31.7 Å². The minimum absolute atomic E-state index is 0.0759. The van der Waals surface area contributed by atoms with Gasteiger partial charge in [0.15, 0.2) is 0 Å². The van der Waals surface area contributed by atoms with Gasteiger partial charge in [-0.2, -0.15) is 9.40 Å². The number of H-pyrrole nitrogens is 1. The van der Waals surface area contributed by atoms with Crippen molar-refractivity contribution in [1.82, 2.24) is 19.1 Å². The van der Waals surface area contributed by atoms with E-state index in [1.807, 2.05) is 13.1 Å². The van der Waals surface area contributed by atoms with Gasteiger partial charge in [0.1, 0.15) is 5.82 Å². The normalized spacial score (nSPS) is 19.7. The van der Waals surface area contributed by atoms with Gasteiger partial charge in [-0.15, -0.1) is 0 Å². The fraction of sp³-hybridized carbons (Fsp3) is 0.292. The van der Waals surface area contributed by atoms with E-state index >= 15 is 0 Å². The standard InChI is InChI=1S/C24H25FN4O2S/c1-17-9-19(15-29(17)32(30,31)16-18-3-2-4-23(25)10-18)14-28-8-7-21-11-20(5-6-24(21)28)22-12-26-27-13-22/h2-8,10-13,17,19H,9,14-16H2,1H3,(H,26,27). The van der Waals surface area contributed by atoms with E-state index in [1.54, 1.807) is 22.6 Å². The Morgan fingerprint density at radius 2 is 2.03 bits per heavy atom. The molecule has 5 rings (SSSR count). The van der Waals surface area contributed by atoms with Crippen LogP contribution in [0.25, 0.3) is 22.0 Å². The van der Waals surface area contributed by atoms with E-state index in [0.29, 0.717) is 12.1 Å². The van der Waals surface area contributed by atoms with Gasteiger partial charge in [0.25, 0.3) is 0 Å². The number of benzene rings is 2. The third-order valence-electron chi connectivity index (χ3n) is 6.26. The predicted octanol–water partition coefficient (Wildman–Crippen LogP) is 4.41. The summed E-state index contributed by atoms with van der Waals surface area (Å²) >= 11 is 0. The van der Waals surface area contributed by atoms with Crippen molar-refractivity contribution in [1.29, 1.82) is 0 Å². The molecule has 8 heteroatoms.